The molecule has 2 fully saturated rings. The highest BCUT2D eigenvalue weighted by Gasteiger charge is 2.58. The molecule has 0 bridgehead atoms. The minimum absolute atomic E-state index is 0.0408. The zero-order valence-electron chi connectivity index (χ0n) is 11.8. The maximum Gasteiger partial charge on any atom is 0.262 e. The number of hydrogen-bond donors (Lipinski definition) is 2. The van der Waals surface area contributed by atoms with Crippen molar-refractivity contribution in [3.05, 3.63) is 0 Å². The van der Waals surface area contributed by atoms with Gasteiger partial charge in [0.15, 0.2) is 0 Å². The molecule has 1 saturated heterocycles. The molecule has 1 amide bonds. The van der Waals surface area contributed by atoms with Crippen molar-refractivity contribution in [3.63, 3.8) is 0 Å². The molecule has 0 aromatic carbocycles. The van der Waals surface area contributed by atoms with Crippen molar-refractivity contribution in [3.8, 4) is 0 Å². The van der Waals surface area contributed by atoms with Gasteiger partial charge in [0.2, 0.25) is 5.91 Å². The van der Waals surface area contributed by atoms with Crippen molar-refractivity contribution in [2.75, 3.05) is 13.7 Å². The van der Waals surface area contributed by atoms with Crippen LogP contribution in [-0.2, 0) is 9.53 Å². The zero-order chi connectivity index (χ0) is 14.5. The number of ether oxygens (including phenoxy) is 1. The maximum atomic E-state index is 13.1. The molecule has 3 atom stereocenters. The fourth-order valence-corrected chi connectivity index (χ4v) is 2.90. The van der Waals surface area contributed by atoms with E-state index in [1.807, 2.05) is 20.8 Å². The van der Waals surface area contributed by atoms with Crippen molar-refractivity contribution in [1.82, 2.24) is 10.6 Å². The first kappa shape index (κ1) is 14.7. The summed E-state index contributed by atoms with van der Waals surface area (Å²) in [7, 11) is 1.65. The summed E-state index contributed by atoms with van der Waals surface area (Å²) in [5.74, 6) is -3.12. The molecule has 1 saturated carbocycles. The van der Waals surface area contributed by atoms with Crippen LogP contribution in [0.15, 0.2) is 0 Å². The van der Waals surface area contributed by atoms with E-state index in [2.05, 4.69) is 10.6 Å². The number of nitrogens with one attached hydrogen (secondary N) is 2. The molecule has 2 rings (SSSR count). The normalized spacial score (nSPS) is 39.7. The zero-order valence-corrected chi connectivity index (χ0v) is 11.8. The van der Waals surface area contributed by atoms with Gasteiger partial charge in [-0.3, -0.25) is 10.1 Å². The molecule has 0 radical (unpaired) electrons. The van der Waals surface area contributed by atoms with Crippen LogP contribution < -0.4 is 10.6 Å². The number of halogens is 2. The number of carbonyl (C=O) groups excluding carboxylic acids is 1. The minimum Gasteiger partial charge on any atom is -0.378 e. The number of amides is 1. The second-order valence-corrected chi connectivity index (χ2v) is 6.42. The number of methoxy groups -OCH3 is 1. The first-order valence-corrected chi connectivity index (χ1v) is 6.58. The van der Waals surface area contributed by atoms with Crippen molar-refractivity contribution in [2.24, 2.45) is 5.41 Å². The Hall–Kier alpha value is -0.750. The minimum atomic E-state index is -2.78. The van der Waals surface area contributed by atoms with Gasteiger partial charge in [0, 0.05) is 25.0 Å². The van der Waals surface area contributed by atoms with Gasteiger partial charge in [0.05, 0.1) is 18.2 Å². The lowest BCUT2D eigenvalue weighted by atomic mass is 9.56. The van der Waals surface area contributed by atoms with Gasteiger partial charge >= 0.3 is 0 Å². The van der Waals surface area contributed by atoms with Crippen LogP contribution in [0.5, 0.6) is 0 Å². The molecule has 6 heteroatoms. The maximum absolute atomic E-state index is 13.1. The second kappa shape index (κ2) is 4.38. The molecule has 3 unspecified atom stereocenters. The monoisotopic (exact) mass is 276 g/mol. The molecule has 2 aliphatic rings. The fourth-order valence-electron chi connectivity index (χ4n) is 2.90. The standard InChI is InChI=1S/C13H22F2N2O2/c1-11(2)9(6-12(11,3)19-4)17-10(18)8-5-13(14,15)7-16-8/h8-9,16H,5-7H2,1-4H3,(H,17,18). The van der Waals surface area contributed by atoms with Gasteiger partial charge in [-0.1, -0.05) is 13.8 Å². The number of alkyl halides is 2. The van der Waals surface area contributed by atoms with Crippen LogP contribution in [0, 0.1) is 5.41 Å². The molecule has 110 valence electrons. The van der Waals surface area contributed by atoms with Crippen LogP contribution >= 0.6 is 0 Å². The van der Waals surface area contributed by atoms with Crippen molar-refractivity contribution in [2.45, 2.75) is 57.2 Å². The average molecular weight is 276 g/mol. The number of carbonyl (C=O) groups is 1. The lowest BCUT2D eigenvalue weighted by Crippen LogP contribution is -2.69. The highest BCUT2D eigenvalue weighted by molar-refractivity contribution is 5.82. The van der Waals surface area contributed by atoms with Crippen molar-refractivity contribution >= 4 is 5.91 Å². The largest absolute Gasteiger partial charge is 0.378 e. The Bertz CT molecular complexity index is 387. The van der Waals surface area contributed by atoms with E-state index in [0.717, 1.165) is 0 Å². The summed E-state index contributed by atoms with van der Waals surface area (Å²) < 4.78 is 31.6. The average Bonchev–Trinajstić information content (AvgIpc) is 2.68. The quantitative estimate of drug-likeness (QED) is 0.817. The van der Waals surface area contributed by atoms with E-state index in [1.165, 1.54) is 0 Å². The van der Waals surface area contributed by atoms with Crippen LogP contribution in [0.3, 0.4) is 0 Å². The van der Waals surface area contributed by atoms with Gasteiger partial charge in [-0.2, -0.15) is 0 Å². The van der Waals surface area contributed by atoms with Gasteiger partial charge < -0.3 is 10.1 Å². The Morgan fingerprint density at radius 3 is 2.37 bits per heavy atom. The Labute approximate surface area is 112 Å². The molecule has 4 nitrogen and oxygen atoms in total. The lowest BCUT2D eigenvalue weighted by molar-refractivity contribution is -0.182. The first-order chi connectivity index (χ1) is 8.61. The van der Waals surface area contributed by atoms with Gasteiger partial charge in [0.1, 0.15) is 0 Å². The summed E-state index contributed by atoms with van der Waals surface area (Å²) >= 11 is 0. The van der Waals surface area contributed by atoms with Gasteiger partial charge in [-0.25, -0.2) is 8.78 Å². The lowest BCUT2D eigenvalue weighted by Gasteiger charge is -2.59. The summed E-state index contributed by atoms with van der Waals surface area (Å²) in [6, 6.07) is -0.832. The Kier molecular flexibility index (Phi) is 3.38. The Balaban J connectivity index is 1.92. The topological polar surface area (TPSA) is 50.4 Å². The fraction of sp³-hybridized carbons (Fsp3) is 0.923. The molecular weight excluding hydrogens is 254 g/mol. The third-order valence-electron chi connectivity index (χ3n) is 5.02. The van der Waals surface area contributed by atoms with E-state index >= 15 is 0 Å². The summed E-state index contributed by atoms with van der Waals surface area (Å²) in [5, 5.41) is 5.43. The van der Waals surface area contributed by atoms with E-state index in [-0.39, 0.29) is 23.0 Å². The molecule has 0 aromatic rings. The summed E-state index contributed by atoms with van der Waals surface area (Å²) in [6.45, 7) is 5.61. The molecule has 1 aliphatic heterocycles. The van der Waals surface area contributed by atoms with Crippen LogP contribution in [0.25, 0.3) is 0 Å². The van der Waals surface area contributed by atoms with Crippen LogP contribution in [0.4, 0.5) is 8.78 Å². The van der Waals surface area contributed by atoms with Crippen LogP contribution in [0.2, 0.25) is 0 Å². The van der Waals surface area contributed by atoms with Gasteiger partial charge in [-0.15, -0.1) is 0 Å². The second-order valence-electron chi connectivity index (χ2n) is 6.42. The van der Waals surface area contributed by atoms with E-state index in [0.29, 0.717) is 6.42 Å². The highest BCUT2D eigenvalue weighted by atomic mass is 19.3. The molecule has 1 heterocycles. The Morgan fingerprint density at radius 2 is 1.95 bits per heavy atom. The summed E-state index contributed by atoms with van der Waals surface area (Å²) in [6.07, 6.45) is 0.277. The molecule has 0 spiro atoms. The third kappa shape index (κ3) is 2.36. The highest BCUT2D eigenvalue weighted by Crippen LogP contribution is 2.51. The van der Waals surface area contributed by atoms with Crippen molar-refractivity contribution in [1.29, 1.82) is 0 Å². The van der Waals surface area contributed by atoms with E-state index in [9.17, 15) is 13.6 Å². The van der Waals surface area contributed by atoms with Crippen LogP contribution in [-0.4, -0.2) is 43.2 Å². The number of rotatable bonds is 3. The SMILES string of the molecule is COC1(C)CC(NC(=O)C2CC(F)(F)CN2)C1(C)C. The Morgan fingerprint density at radius 1 is 1.32 bits per heavy atom. The predicted molar refractivity (Wildman–Crippen MR) is 67.1 cm³/mol. The van der Waals surface area contributed by atoms with E-state index in [1.54, 1.807) is 7.11 Å². The molecule has 1 aliphatic carbocycles. The summed E-state index contributed by atoms with van der Waals surface area (Å²) in [5.41, 5.74) is -0.490. The van der Waals surface area contributed by atoms with E-state index in [4.69, 9.17) is 4.74 Å². The van der Waals surface area contributed by atoms with E-state index < -0.39 is 24.9 Å². The smallest absolute Gasteiger partial charge is 0.262 e. The van der Waals surface area contributed by atoms with Crippen molar-refractivity contribution < 1.29 is 18.3 Å². The molecule has 19 heavy (non-hydrogen) atoms. The first-order valence-electron chi connectivity index (χ1n) is 6.58. The summed E-state index contributed by atoms with van der Waals surface area (Å²) in [4.78, 5) is 12.0. The van der Waals surface area contributed by atoms with Gasteiger partial charge in [0.25, 0.3) is 5.92 Å². The predicted octanol–water partition coefficient (Wildman–Crippen LogP) is 1.30. The molecular formula is C13H22F2N2O2. The van der Waals surface area contributed by atoms with Gasteiger partial charge in [-0.05, 0) is 13.3 Å². The molecule has 0 aromatic heterocycles. The molecule has 2 N–H and O–H groups in total. The third-order valence-corrected chi connectivity index (χ3v) is 5.02. The number of hydrogen-bond acceptors (Lipinski definition) is 3. The van der Waals surface area contributed by atoms with Crippen LogP contribution in [0.1, 0.15) is 33.6 Å².